The van der Waals surface area contributed by atoms with E-state index in [2.05, 4.69) is 12.1 Å². The minimum atomic E-state index is -0.718. The number of amides is 1. The number of hydrogen-bond acceptors (Lipinski definition) is 3. The molecule has 0 bridgehead atoms. The van der Waals surface area contributed by atoms with Crippen LogP contribution in [-0.4, -0.2) is 39.9 Å². The van der Waals surface area contributed by atoms with Gasteiger partial charge in [0.2, 0.25) is 5.91 Å². The Kier molecular flexibility index (Phi) is 3.31. The molecule has 1 saturated heterocycles. The molecule has 3 rings (SSSR count). The summed E-state index contributed by atoms with van der Waals surface area (Å²) in [5.74, 6) is 0.182. The van der Waals surface area contributed by atoms with Gasteiger partial charge in [0.15, 0.2) is 0 Å². The van der Waals surface area contributed by atoms with Crippen molar-refractivity contribution in [2.24, 2.45) is 0 Å². The smallest absolute Gasteiger partial charge is 0.236 e. The summed E-state index contributed by atoms with van der Waals surface area (Å²) in [5, 5.41) is 10.1. The Morgan fingerprint density at radius 3 is 3.00 bits per heavy atom. The maximum absolute atomic E-state index is 12.6. The van der Waals surface area contributed by atoms with Crippen molar-refractivity contribution in [3.8, 4) is 0 Å². The van der Waals surface area contributed by atoms with Crippen LogP contribution in [0.3, 0.4) is 0 Å². The van der Waals surface area contributed by atoms with Crippen LogP contribution in [0.2, 0.25) is 0 Å². The summed E-state index contributed by atoms with van der Waals surface area (Å²) in [7, 11) is 0. The number of aliphatic hydroxyl groups is 1. The van der Waals surface area contributed by atoms with Crippen molar-refractivity contribution in [3.05, 3.63) is 29.8 Å². The fourth-order valence-corrected chi connectivity index (χ4v) is 4.21. The fourth-order valence-electron chi connectivity index (χ4n) is 2.93. The minimum absolute atomic E-state index is 0.00806. The number of β-amino-alcohol motifs (C(OH)–C–C–N with tert-alkyl or cyclic N) is 1. The van der Waals surface area contributed by atoms with Gasteiger partial charge in [-0.25, -0.2) is 0 Å². The van der Waals surface area contributed by atoms with Crippen molar-refractivity contribution in [3.63, 3.8) is 0 Å². The SMILES string of the molecule is CC1(O)CCCN(C(=O)C2Cc3ccccc3S2)C1. The fraction of sp³-hybridized carbons (Fsp3) is 0.533. The molecular formula is C15H19NO2S. The van der Waals surface area contributed by atoms with Gasteiger partial charge in [-0.2, -0.15) is 0 Å². The van der Waals surface area contributed by atoms with Gasteiger partial charge in [-0.05, 0) is 37.8 Å². The highest BCUT2D eigenvalue weighted by atomic mass is 32.2. The first-order valence-corrected chi connectivity index (χ1v) is 7.69. The molecule has 1 N–H and O–H groups in total. The summed E-state index contributed by atoms with van der Waals surface area (Å²) in [6.07, 6.45) is 2.50. The van der Waals surface area contributed by atoms with Gasteiger partial charge in [-0.1, -0.05) is 18.2 Å². The molecule has 19 heavy (non-hydrogen) atoms. The molecule has 1 amide bonds. The van der Waals surface area contributed by atoms with E-state index in [1.54, 1.807) is 11.8 Å². The van der Waals surface area contributed by atoms with Crippen LogP contribution in [0.15, 0.2) is 29.2 Å². The van der Waals surface area contributed by atoms with Crippen molar-refractivity contribution in [1.82, 2.24) is 4.90 Å². The highest BCUT2D eigenvalue weighted by Gasteiger charge is 2.36. The van der Waals surface area contributed by atoms with Crippen LogP contribution in [0.4, 0.5) is 0 Å². The summed E-state index contributed by atoms with van der Waals surface area (Å²) < 4.78 is 0. The van der Waals surface area contributed by atoms with E-state index >= 15 is 0 Å². The van der Waals surface area contributed by atoms with Crippen molar-refractivity contribution in [2.45, 2.75) is 41.9 Å². The Bertz CT molecular complexity index is 476. The van der Waals surface area contributed by atoms with E-state index in [1.165, 1.54) is 10.5 Å². The van der Waals surface area contributed by atoms with E-state index < -0.39 is 5.60 Å². The number of rotatable bonds is 1. The van der Waals surface area contributed by atoms with Crippen molar-refractivity contribution < 1.29 is 9.90 Å². The van der Waals surface area contributed by atoms with E-state index in [1.807, 2.05) is 24.0 Å². The molecule has 2 unspecified atom stereocenters. The molecule has 2 aliphatic rings. The van der Waals surface area contributed by atoms with Crippen LogP contribution in [0.5, 0.6) is 0 Å². The third-order valence-electron chi connectivity index (χ3n) is 3.91. The lowest BCUT2D eigenvalue weighted by Gasteiger charge is -2.37. The first-order valence-electron chi connectivity index (χ1n) is 6.81. The number of thioether (sulfide) groups is 1. The Balaban J connectivity index is 1.70. The van der Waals surface area contributed by atoms with Crippen molar-refractivity contribution >= 4 is 17.7 Å². The molecule has 0 radical (unpaired) electrons. The number of carbonyl (C=O) groups is 1. The summed E-state index contributed by atoms with van der Waals surface area (Å²) in [4.78, 5) is 15.6. The zero-order chi connectivity index (χ0) is 13.5. The minimum Gasteiger partial charge on any atom is -0.388 e. The Hall–Kier alpha value is -1.00. The van der Waals surface area contributed by atoms with E-state index in [9.17, 15) is 9.90 Å². The third kappa shape index (κ3) is 2.65. The van der Waals surface area contributed by atoms with Crippen molar-refractivity contribution in [2.75, 3.05) is 13.1 Å². The van der Waals surface area contributed by atoms with Gasteiger partial charge in [-0.3, -0.25) is 4.79 Å². The number of fused-ring (bicyclic) bond motifs is 1. The van der Waals surface area contributed by atoms with E-state index in [4.69, 9.17) is 0 Å². The molecule has 0 saturated carbocycles. The van der Waals surface area contributed by atoms with Gasteiger partial charge in [0.05, 0.1) is 10.9 Å². The van der Waals surface area contributed by atoms with Gasteiger partial charge < -0.3 is 10.0 Å². The molecule has 4 heteroatoms. The third-order valence-corrected chi connectivity index (χ3v) is 5.21. The van der Waals surface area contributed by atoms with E-state index in [0.29, 0.717) is 6.54 Å². The molecule has 0 spiro atoms. The van der Waals surface area contributed by atoms with Crippen LogP contribution in [0.25, 0.3) is 0 Å². The second-order valence-corrected chi connectivity index (χ2v) is 7.02. The lowest BCUT2D eigenvalue weighted by atomic mass is 9.95. The summed E-state index contributed by atoms with van der Waals surface area (Å²) in [6.45, 7) is 3.07. The predicted octanol–water partition coefficient (Wildman–Crippen LogP) is 2.08. The number of piperidine rings is 1. The van der Waals surface area contributed by atoms with Crippen LogP contribution in [0.1, 0.15) is 25.3 Å². The standard InChI is InChI=1S/C15H19NO2S/c1-15(18)7-4-8-16(10-15)14(17)13-9-11-5-2-3-6-12(11)19-13/h2-3,5-6,13,18H,4,7-10H2,1H3. The molecule has 1 fully saturated rings. The Morgan fingerprint density at radius 2 is 2.26 bits per heavy atom. The van der Waals surface area contributed by atoms with Gasteiger partial charge in [-0.15, -0.1) is 11.8 Å². The van der Waals surface area contributed by atoms with Gasteiger partial charge in [0, 0.05) is 18.0 Å². The average Bonchev–Trinajstić information content (AvgIpc) is 2.80. The first-order chi connectivity index (χ1) is 9.05. The highest BCUT2D eigenvalue weighted by Crippen LogP contribution is 2.38. The first kappa shape index (κ1) is 13.0. The summed E-state index contributed by atoms with van der Waals surface area (Å²) >= 11 is 1.67. The largest absolute Gasteiger partial charge is 0.388 e. The quantitative estimate of drug-likeness (QED) is 0.854. The maximum Gasteiger partial charge on any atom is 0.236 e. The summed E-state index contributed by atoms with van der Waals surface area (Å²) in [5.41, 5.74) is 0.555. The van der Waals surface area contributed by atoms with Crippen molar-refractivity contribution in [1.29, 1.82) is 0 Å². The van der Waals surface area contributed by atoms with Crippen LogP contribution < -0.4 is 0 Å². The zero-order valence-corrected chi connectivity index (χ0v) is 11.9. The molecule has 2 atom stereocenters. The number of hydrogen-bond donors (Lipinski definition) is 1. The average molecular weight is 277 g/mol. The predicted molar refractivity (Wildman–Crippen MR) is 76.2 cm³/mol. The Labute approximate surface area is 118 Å². The topological polar surface area (TPSA) is 40.5 Å². The second kappa shape index (κ2) is 4.84. The maximum atomic E-state index is 12.6. The highest BCUT2D eigenvalue weighted by molar-refractivity contribution is 8.01. The lowest BCUT2D eigenvalue weighted by molar-refractivity contribution is -0.136. The molecule has 0 aromatic heterocycles. The monoisotopic (exact) mass is 277 g/mol. The second-order valence-electron chi connectivity index (χ2n) is 5.78. The molecule has 3 nitrogen and oxygen atoms in total. The molecule has 2 aliphatic heterocycles. The van der Waals surface area contributed by atoms with Crippen LogP contribution in [-0.2, 0) is 11.2 Å². The molecule has 1 aromatic carbocycles. The van der Waals surface area contributed by atoms with Gasteiger partial charge in [0.1, 0.15) is 0 Å². The number of carbonyl (C=O) groups excluding carboxylic acids is 1. The number of likely N-dealkylation sites (tertiary alicyclic amines) is 1. The molecular weight excluding hydrogens is 258 g/mol. The number of nitrogens with zero attached hydrogens (tertiary/aromatic N) is 1. The molecule has 102 valence electrons. The normalized spacial score (nSPS) is 30.2. The molecule has 1 aromatic rings. The molecule has 0 aliphatic carbocycles. The lowest BCUT2D eigenvalue weighted by Crippen LogP contribution is -2.50. The van der Waals surface area contributed by atoms with Gasteiger partial charge >= 0.3 is 0 Å². The van der Waals surface area contributed by atoms with E-state index in [0.717, 1.165) is 25.8 Å². The zero-order valence-electron chi connectivity index (χ0n) is 11.1. The summed E-state index contributed by atoms with van der Waals surface area (Å²) in [6, 6.07) is 8.23. The van der Waals surface area contributed by atoms with Gasteiger partial charge in [0.25, 0.3) is 0 Å². The van der Waals surface area contributed by atoms with Crippen LogP contribution in [0, 0.1) is 0 Å². The van der Waals surface area contributed by atoms with E-state index in [-0.39, 0.29) is 11.2 Å². The Morgan fingerprint density at radius 1 is 1.47 bits per heavy atom. The molecule has 2 heterocycles. The number of benzene rings is 1. The van der Waals surface area contributed by atoms with Crippen LogP contribution >= 0.6 is 11.8 Å².